The molecule has 2 aromatic carbocycles. The Kier molecular flexibility index (Phi) is 4.01. The number of carbonyl (C=O) groups excluding carboxylic acids is 1. The number of fused-ring (bicyclic) bond motifs is 3. The second kappa shape index (κ2) is 6.33. The Morgan fingerprint density at radius 2 is 1.92 bits per heavy atom. The first kappa shape index (κ1) is 15.8. The predicted octanol–water partition coefficient (Wildman–Crippen LogP) is 1.19. The molecule has 5 nitrogen and oxygen atoms in total. The van der Waals surface area contributed by atoms with Gasteiger partial charge in [-0.3, -0.25) is 4.79 Å². The summed E-state index contributed by atoms with van der Waals surface area (Å²) in [4.78, 5) is 26.8. The molecule has 1 saturated heterocycles. The summed E-state index contributed by atoms with van der Waals surface area (Å²) in [6, 6.07) is 13.7. The van der Waals surface area contributed by atoms with Gasteiger partial charge in [-0.25, -0.2) is 4.79 Å². The van der Waals surface area contributed by atoms with Crippen molar-refractivity contribution in [2.75, 3.05) is 26.2 Å². The summed E-state index contributed by atoms with van der Waals surface area (Å²) in [7, 11) is 0. The van der Waals surface area contributed by atoms with E-state index in [4.69, 9.17) is 4.42 Å². The van der Waals surface area contributed by atoms with E-state index in [9.17, 15) is 9.59 Å². The van der Waals surface area contributed by atoms with Crippen LogP contribution in [0, 0.1) is 0 Å². The predicted molar refractivity (Wildman–Crippen MR) is 96.6 cm³/mol. The number of benzene rings is 2. The molecule has 1 aliphatic rings. The fourth-order valence-electron chi connectivity index (χ4n) is 3.74. The summed E-state index contributed by atoms with van der Waals surface area (Å²) in [5.74, 6) is 0.135. The van der Waals surface area contributed by atoms with Crippen LogP contribution in [0.4, 0.5) is 0 Å². The van der Waals surface area contributed by atoms with E-state index in [2.05, 4.69) is 12.1 Å². The summed E-state index contributed by atoms with van der Waals surface area (Å²) < 4.78 is 5.43. The molecule has 1 amide bonds. The number of piperazine rings is 1. The molecular weight excluding hydrogens is 316 g/mol. The van der Waals surface area contributed by atoms with Crippen molar-refractivity contribution in [2.24, 2.45) is 0 Å². The zero-order valence-electron chi connectivity index (χ0n) is 14.2. The molecule has 0 aliphatic carbocycles. The van der Waals surface area contributed by atoms with Crippen LogP contribution in [0.15, 0.2) is 51.7 Å². The van der Waals surface area contributed by atoms with Gasteiger partial charge in [0.25, 0.3) is 0 Å². The van der Waals surface area contributed by atoms with Crippen molar-refractivity contribution in [1.29, 1.82) is 0 Å². The Bertz CT molecular complexity index is 1000. The number of quaternary nitrogens is 1. The van der Waals surface area contributed by atoms with Crippen molar-refractivity contribution in [3.63, 3.8) is 0 Å². The van der Waals surface area contributed by atoms with E-state index >= 15 is 0 Å². The maximum atomic E-state index is 12.0. The molecule has 4 rings (SSSR count). The van der Waals surface area contributed by atoms with Crippen molar-refractivity contribution < 1.29 is 14.1 Å². The van der Waals surface area contributed by atoms with Gasteiger partial charge in [0.1, 0.15) is 12.1 Å². The Morgan fingerprint density at radius 1 is 1.16 bits per heavy atom. The highest BCUT2D eigenvalue weighted by atomic mass is 16.4. The van der Waals surface area contributed by atoms with E-state index in [-0.39, 0.29) is 11.5 Å². The lowest BCUT2D eigenvalue weighted by atomic mass is 10.0. The fraction of sp³-hybridized carbons (Fsp3) is 0.300. The first-order valence-electron chi connectivity index (χ1n) is 8.65. The summed E-state index contributed by atoms with van der Waals surface area (Å²) in [6.45, 7) is 5.71. The molecule has 2 heterocycles. The molecule has 0 bridgehead atoms. The number of hydrogen-bond donors (Lipinski definition) is 1. The summed E-state index contributed by atoms with van der Waals surface area (Å²) in [5, 5.41) is 3.28. The Balaban J connectivity index is 1.73. The smallest absolute Gasteiger partial charge is 0.336 e. The second-order valence-electron chi connectivity index (χ2n) is 6.68. The summed E-state index contributed by atoms with van der Waals surface area (Å²) in [6.07, 6.45) is 0. The van der Waals surface area contributed by atoms with E-state index < -0.39 is 0 Å². The minimum atomic E-state index is -0.306. The first-order valence-corrected chi connectivity index (χ1v) is 8.65. The summed E-state index contributed by atoms with van der Waals surface area (Å²) in [5.41, 5.74) is 1.36. The van der Waals surface area contributed by atoms with Gasteiger partial charge < -0.3 is 14.2 Å². The topological polar surface area (TPSA) is 55.0 Å². The molecule has 5 heteroatoms. The van der Waals surface area contributed by atoms with Crippen LogP contribution in [0.3, 0.4) is 0 Å². The van der Waals surface area contributed by atoms with Gasteiger partial charge in [-0.1, -0.05) is 30.3 Å². The Labute approximate surface area is 145 Å². The molecule has 0 saturated carbocycles. The van der Waals surface area contributed by atoms with Crippen molar-refractivity contribution in [3.8, 4) is 0 Å². The highest BCUT2D eigenvalue weighted by Crippen LogP contribution is 2.27. The quantitative estimate of drug-likeness (QED) is 0.565. The monoisotopic (exact) mass is 337 g/mol. The molecule has 1 fully saturated rings. The molecule has 0 unspecified atom stereocenters. The van der Waals surface area contributed by atoms with Gasteiger partial charge in [0.2, 0.25) is 5.91 Å². The largest absolute Gasteiger partial charge is 0.423 e. The normalized spacial score (nSPS) is 15.8. The van der Waals surface area contributed by atoms with Crippen LogP contribution in [-0.2, 0) is 11.3 Å². The number of carbonyl (C=O) groups is 1. The van der Waals surface area contributed by atoms with E-state index in [1.54, 1.807) is 13.0 Å². The van der Waals surface area contributed by atoms with Gasteiger partial charge in [0.15, 0.2) is 0 Å². The lowest BCUT2D eigenvalue weighted by Gasteiger charge is -2.31. The minimum absolute atomic E-state index is 0.135. The molecule has 0 radical (unpaired) electrons. The zero-order chi connectivity index (χ0) is 17.4. The van der Waals surface area contributed by atoms with Crippen molar-refractivity contribution in [2.45, 2.75) is 13.5 Å². The number of hydrogen-bond acceptors (Lipinski definition) is 3. The lowest BCUT2D eigenvalue weighted by Crippen LogP contribution is -3.13. The van der Waals surface area contributed by atoms with Gasteiger partial charge in [-0.15, -0.1) is 0 Å². The van der Waals surface area contributed by atoms with Gasteiger partial charge >= 0.3 is 5.63 Å². The van der Waals surface area contributed by atoms with Crippen LogP contribution < -0.4 is 10.5 Å². The van der Waals surface area contributed by atoms with E-state index in [0.717, 1.165) is 54.4 Å². The number of nitrogens with zero attached hydrogens (tertiary/aromatic N) is 1. The van der Waals surface area contributed by atoms with Crippen LogP contribution in [0.1, 0.15) is 12.5 Å². The second-order valence-corrected chi connectivity index (χ2v) is 6.68. The average molecular weight is 337 g/mol. The standard InChI is InChI=1S/C20H20N2O3/c1-14(23)22-10-8-21(9-11-22)13-16-12-19(24)25-18-7-6-15-4-2-3-5-17(15)20(16)18/h2-7,12H,8-11,13H2,1H3/p+1. The average Bonchev–Trinajstić information content (AvgIpc) is 2.61. The number of nitrogens with one attached hydrogen (secondary N) is 1. The minimum Gasteiger partial charge on any atom is -0.423 e. The first-order chi connectivity index (χ1) is 12.1. The lowest BCUT2D eigenvalue weighted by molar-refractivity contribution is -0.917. The molecular formula is C20H21N2O3+. The molecule has 3 aromatic rings. The SMILES string of the molecule is CC(=O)N1CC[NH+](Cc2cc(=O)oc3ccc4ccccc4c23)CC1. The molecule has 0 atom stereocenters. The van der Waals surface area contributed by atoms with Crippen LogP contribution >= 0.6 is 0 Å². The highest BCUT2D eigenvalue weighted by molar-refractivity contribution is 6.06. The Morgan fingerprint density at radius 3 is 2.68 bits per heavy atom. The summed E-state index contributed by atoms with van der Waals surface area (Å²) >= 11 is 0. The molecule has 1 aliphatic heterocycles. The fourth-order valence-corrected chi connectivity index (χ4v) is 3.74. The van der Waals surface area contributed by atoms with E-state index in [1.807, 2.05) is 29.2 Å². The van der Waals surface area contributed by atoms with Crippen LogP contribution in [-0.4, -0.2) is 37.0 Å². The van der Waals surface area contributed by atoms with Gasteiger partial charge in [0.05, 0.1) is 26.2 Å². The maximum Gasteiger partial charge on any atom is 0.336 e. The highest BCUT2D eigenvalue weighted by Gasteiger charge is 2.23. The van der Waals surface area contributed by atoms with Gasteiger partial charge in [-0.2, -0.15) is 0 Å². The molecule has 25 heavy (non-hydrogen) atoms. The third-order valence-corrected chi connectivity index (χ3v) is 5.07. The third-order valence-electron chi connectivity index (χ3n) is 5.07. The van der Waals surface area contributed by atoms with Crippen LogP contribution in [0.25, 0.3) is 21.7 Å². The maximum absolute atomic E-state index is 12.0. The molecule has 128 valence electrons. The third kappa shape index (κ3) is 3.03. The molecule has 0 spiro atoms. The van der Waals surface area contributed by atoms with Crippen molar-refractivity contribution in [3.05, 3.63) is 58.4 Å². The molecule has 1 aromatic heterocycles. The Hall–Kier alpha value is -2.66. The van der Waals surface area contributed by atoms with Gasteiger partial charge in [-0.05, 0) is 16.8 Å². The van der Waals surface area contributed by atoms with Gasteiger partial charge in [0, 0.05) is 23.9 Å². The van der Waals surface area contributed by atoms with Crippen molar-refractivity contribution in [1.82, 2.24) is 4.90 Å². The zero-order valence-corrected chi connectivity index (χ0v) is 14.2. The van der Waals surface area contributed by atoms with E-state index in [1.165, 1.54) is 4.90 Å². The van der Waals surface area contributed by atoms with Crippen LogP contribution in [0.2, 0.25) is 0 Å². The molecule has 1 N–H and O–H groups in total. The van der Waals surface area contributed by atoms with Crippen LogP contribution in [0.5, 0.6) is 0 Å². The van der Waals surface area contributed by atoms with E-state index in [0.29, 0.717) is 5.58 Å². The number of amides is 1. The number of rotatable bonds is 2. The van der Waals surface area contributed by atoms with Crippen molar-refractivity contribution >= 4 is 27.6 Å².